The summed E-state index contributed by atoms with van der Waals surface area (Å²) in [4.78, 5) is 38.6. The maximum atomic E-state index is 13.4. The van der Waals surface area contributed by atoms with Gasteiger partial charge in [-0.3, -0.25) is 9.59 Å². The fraction of sp³-hybridized carbons (Fsp3) is 0.571. The van der Waals surface area contributed by atoms with Crippen molar-refractivity contribution in [3.63, 3.8) is 0 Å². The van der Waals surface area contributed by atoms with Crippen LogP contribution in [0.25, 0.3) is 0 Å². The normalized spacial score (nSPS) is 16.7. The van der Waals surface area contributed by atoms with Gasteiger partial charge in [0.05, 0.1) is 5.56 Å². The molecule has 1 atom stereocenters. The molecule has 2 N–H and O–H groups in total. The standard InChI is InChI=1S/C21H29BrFN3O4/c1-21(2,3)30-20(29)25-13-15-6-4-5-11-26(15)18(27)9-10-24-19(28)16-12-14(23)7-8-17(16)22/h7-8,12,15H,4-6,9-11,13H2,1-3H3,(H,24,28)(H,25,29). The molecule has 0 radical (unpaired) electrons. The summed E-state index contributed by atoms with van der Waals surface area (Å²) in [6.45, 7) is 6.45. The van der Waals surface area contributed by atoms with E-state index in [1.807, 2.05) is 0 Å². The van der Waals surface area contributed by atoms with E-state index in [1.165, 1.54) is 12.1 Å². The number of carbonyl (C=O) groups is 3. The third kappa shape index (κ3) is 7.59. The van der Waals surface area contributed by atoms with Gasteiger partial charge in [-0.25, -0.2) is 9.18 Å². The summed E-state index contributed by atoms with van der Waals surface area (Å²) >= 11 is 3.22. The number of hydrogen-bond acceptors (Lipinski definition) is 4. The largest absolute Gasteiger partial charge is 0.444 e. The number of halogens is 2. The molecule has 1 aliphatic heterocycles. The minimum absolute atomic E-state index is 0.0932. The van der Waals surface area contributed by atoms with Crippen molar-refractivity contribution in [3.8, 4) is 0 Å². The van der Waals surface area contributed by atoms with Crippen LogP contribution in [0.5, 0.6) is 0 Å². The molecule has 166 valence electrons. The summed E-state index contributed by atoms with van der Waals surface area (Å²) in [5.41, 5.74) is -0.402. The van der Waals surface area contributed by atoms with Crippen molar-refractivity contribution in [1.82, 2.24) is 15.5 Å². The quantitative estimate of drug-likeness (QED) is 0.643. The molecule has 1 saturated heterocycles. The van der Waals surface area contributed by atoms with Gasteiger partial charge in [-0.05, 0) is 74.2 Å². The lowest BCUT2D eigenvalue weighted by molar-refractivity contribution is -0.134. The Kier molecular flexibility index (Phi) is 8.64. The van der Waals surface area contributed by atoms with Gasteiger partial charge in [-0.2, -0.15) is 0 Å². The van der Waals surface area contributed by atoms with Crippen LogP contribution in [0.3, 0.4) is 0 Å². The average molecular weight is 486 g/mol. The smallest absolute Gasteiger partial charge is 0.407 e. The van der Waals surface area contributed by atoms with Crippen LogP contribution in [0.15, 0.2) is 22.7 Å². The highest BCUT2D eigenvalue weighted by Gasteiger charge is 2.27. The van der Waals surface area contributed by atoms with E-state index in [9.17, 15) is 18.8 Å². The fourth-order valence-electron chi connectivity index (χ4n) is 3.25. The zero-order valence-corrected chi connectivity index (χ0v) is 19.2. The molecule has 1 aromatic rings. The monoisotopic (exact) mass is 485 g/mol. The Labute approximate surface area is 184 Å². The van der Waals surface area contributed by atoms with Crippen LogP contribution < -0.4 is 10.6 Å². The molecule has 1 heterocycles. The number of benzene rings is 1. The zero-order valence-electron chi connectivity index (χ0n) is 17.6. The van der Waals surface area contributed by atoms with Gasteiger partial charge in [0.1, 0.15) is 11.4 Å². The Morgan fingerprint density at radius 1 is 1.23 bits per heavy atom. The van der Waals surface area contributed by atoms with Crippen LogP contribution >= 0.6 is 15.9 Å². The molecule has 1 unspecified atom stereocenters. The number of rotatable bonds is 6. The molecule has 7 nitrogen and oxygen atoms in total. The first-order chi connectivity index (χ1) is 14.1. The topological polar surface area (TPSA) is 87.7 Å². The first-order valence-corrected chi connectivity index (χ1v) is 10.9. The number of piperidine rings is 1. The van der Waals surface area contributed by atoms with E-state index in [1.54, 1.807) is 25.7 Å². The second-order valence-corrected chi connectivity index (χ2v) is 9.10. The van der Waals surface area contributed by atoms with Crippen molar-refractivity contribution < 1.29 is 23.5 Å². The first kappa shape index (κ1) is 24.1. The van der Waals surface area contributed by atoms with E-state index in [4.69, 9.17) is 4.74 Å². The summed E-state index contributed by atoms with van der Waals surface area (Å²) in [6.07, 6.45) is 2.30. The lowest BCUT2D eigenvalue weighted by atomic mass is 10.0. The Balaban J connectivity index is 1.84. The molecule has 30 heavy (non-hydrogen) atoms. The Bertz CT molecular complexity index is 782. The van der Waals surface area contributed by atoms with Gasteiger partial charge in [0.25, 0.3) is 5.91 Å². The predicted molar refractivity (Wildman–Crippen MR) is 115 cm³/mol. The molecule has 0 aliphatic carbocycles. The second kappa shape index (κ2) is 10.7. The molecular formula is C21H29BrFN3O4. The lowest BCUT2D eigenvalue weighted by Gasteiger charge is -2.36. The molecule has 0 aromatic heterocycles. The molecule has 3 amide bonds. The van der Waals surface area contributed by atoms with E-state index in [2.05, 4.69) is 26.6 Å². The van der Waals surface area contributed by atoms with Crippen LogP contribution in [0, 0.1) is 5.82 Å². The molecule has 9 heteroatoms. The summed E-state index contributed by atoms with van der Waals surface area (Å²) in [6, 6.07) is 3.76. The van der Waals surface area contributed by atoms with E-state index in [0.717, 1.165) is 25.3 Å². The zero-order chi connectivity index (χ0) is 22.3. The molecule has 0 spiro atoms. The first-order valence-electron chi connectivity index (χ1n) is 10.1. The molecule has 0 saturated carbocycles. The second-order valence-electron chi connectivity index (χ2n) is 8.25. The number of nitrogens with one attached hydrogen (secondary N) is 2. The number of alkyl carbamates (subject to hydrolysis) is 1. The van der Waals surface area contributed by atoms with E-state index in [-0.39, 0.29) is 30.5 Å². The van der Waals surface area contributed by atoms with Crippen molar-refractivity contribution in [2.24, 2.45) is 0 Å². The van der Waals surface area contributed by atoms with E-state index < -0.39 is 23.4 Å². The number of nitrogens with zero attached hydrogens (tertiary/aromatic N) is 1. The van der Waals surface area contributed by atoms with Crippen molar-refractivity contribution in [2.45, 2.75) is 58.1 Å². The van der Waals surface area contributed by atoms with Crippen molar-refractivity contribution in [3.05, 3.63) is 34.1 Å². The Morgan fingerprint density at radius 3 is 2.67 bits per heavy atom. The van der Waals surface area contributed by atoms with Crippen molar-refractivity contribution in [2.75, 3.05) is 19.6 Å². The minimum Gasteiger partial charge on any atom is -0.444 e. The third-order valence-electron chi connectivity index (χ3n) is 4.63. The number of hydrogen-bond donors (Lipinski definition) is 2. The Hall–Kier alpha value is -2.16. The average Bonchev–Trinajstić information content (AvgIpc) is 2.67. The number of likely N-dealkylation sites (tertiary alicyclic amines) is 1. The van der Waals surface area contributed by atoms with Gasteiger partial charge in [-0.15, -0.1) is 0 Å². The number of ether oxygens (including phenoxy) is 1. The highest BCUT2D eigenvalue weighted by Crippen LogP contribution is 2.19. The molecule has 1 aromatic carbocycles. The van der Waals surface area contributed by atoms with Crippen molar-refractivity contribution in [1.29, 1.82) is 0 Å². The van der Waals surface area contributed by atoms with E-state index in [0.29, 0.717) is 17.6 Å². The maximum absolute atomic E-state index is 13.4. The SMILES string of the molecule is CC(C)(C)OC(=O)NCC1CCCCN1C(=O)CCNC(=O)c1cc(F)ccc1Br. The van der Waals surface area contributed by atoms with E-state index >= 15 is 0 Å². The number of carbonyl (C=O) groups excluding carboxylic acids is 3. The van der Waals surface area contributed by atoms with Gasteiger partial charge >= 0.3 is 6.09 Å². The van der Waals surface area contributed by atoms with Gasteiger partial charge in [0.15, 0.2) is 0 Å². The molecule has 1 fully saturated rings. The number of amides is 3. The highest BCUT2D eigenvalue weighted by molar-refractivity contribution is 9.10. The molecule has 2 rings (SSSR count). The predicted octanol–water partition coefficient (Wildman–Crippen LogP) is 3.61. The third-order valence-corrected chi connectivity index (χ3v) is 5.32. The van der Waals surface area contributed by atoms with Crippen LogP contribution in [0.1, 0.15) is 56.8 Å². The van der Waals surface area contributed by atoms with Gasteiger partial charge in [-0.1, -0.05) is 0 Å². The van der Waals surface area contributed by atoms with Gasteiger partial charge in [0, 0.05) is 36.6 Å². The Morgan fingerprint density at radius 2 is 1.97 bits per heavy atom. The van der Waals surface area contributed by atoms with Crippen LogP contribution in [0.4, 0.5) is 9.18 Å². The van der Waals surface area contributed by atoms with Crippen LogP contribution in [-0.4, -0.2) is 54.1 Å². The van der Waals surface area contributed by atoms with Crippen LogP contribution in [0.2, 0.25) is 0 Å². The summed E-state index contributed by atoms with van der Waals surface area (Å²) in [7, 11) is 0. The molecule has 1 aliphatic rings. The molecular weight excluding hydrogens is 457 g/mol. The summed E-state index contributed by atoms with van der Waals surface area (Å²) < 4.78 is 19.1. The van der Waals surface area contributed by atoms with Gasteiger partial charge < -0.3 is 20.3 Å². The highest BCUT2D eigenvalue weighted by atomic mass is 79.9. The maximum Gasteiger partial charge on any atom is 0.407 e. The van der Waals surface area contributed by atoms with Gasteiger partial charge in [0.2, 0.25) is 5.91 Å². The van der Waals surface area contributed by atoms with Crippen molar-refractivity contribution >= 4 is 33.8 Å². The summed E-state index contributed by atoms with van der Waals surface area (Å²) in [5.74, 6) is -1.05. The van der Waals surface area contributed by atoms with Crippen LogP contribution in [-0.2, 0) is 9.53 Å². The lowest BCUT2D eigenvalue weighted by Crippen LogP contribution is -2.50. The molecule has 0 bridgehead atoms. The summed E-state index contributed by atoms with van der Waals surface area (Å²) in [5, 5.41) is 5.39. The minimum atomic E-state index is -0.582. The fourth-order valence-corrected chi connectivity index (χ4v) is 3.68.